The van der Waals surface area contributed by atoms with Gasteiger partial charge in [0.15, 0.2) is 5.58 Å². The van der Waals surface area contributed by atoms with Gasteiger partial charge < -0.3 is 19.8 Å². The van der Waals surface area contributed by atoms with Crippen molar-refractivity contribution < 1.29 is 13.9 Å². The minimum Gasteiger partial charge on any atom is -0.492 e. The first kappa shape index (κ1) is 19.7. The van der Waals surface area contributed by atoms with Crippen LogP contribution in [0.2, 0.25) is 0 Å². The van der Waals surface area contributed by atoms with E-state index in [1.807, 2.05) is 31.3 Å². The highest BCUT2D eigenvalue weighted by Gasteiger charge is 2.48. The van der Waals surface area contributed by atoms with E-state index >= 15 is 0 Å². The van der Waals surface area contributed by atoms with Gasteiger partial charge in [-0.25, -0.2) is 4.79 Å². The molecule has 0 unspecified atom stereocenters. The summed E-state index contributed by atoms with van der Waals surface area (Å²) in [4.78, 5) is 26.8. The number of aryl methyl sites for hydroxylation is 1. The first-order chi connectivity index (χ1) is 15.0. The zero-order valence-corrected chi connectivity index (χ0v) is 17.7. The van der Waals surface area contributed by atoms with Crippen molar-refractivity contribution in [3.05, 3.63) is 52.5 Å². The number of nitrogens with zero attached hydrogens (tertiary/aromatic N) is 2. The van der Waals surface area contributed by atoms with Gasteiger partial charge in [-0.15, -0.1) is 0 Å². The van der Waals surface area contributed by atoms with Gasteiger partial charge in [-0.1, -0.05) is 0 Å². The third-order valence-corrected chi connectivity index (χ3v) is 6.66. The smallest absolute Gasteiger partial charge is 0.419 e. The third-order valence-electron chi connectivity index (χ3n) is 6.66. The first-order valence-corrected chi connectivity index (χ1v) is 10.6. The molecule has 8 nitrogen and oxygen atoms in total. The van der Waals surface area contributed by atoms with Crippen LogP contribution in [0.5, 0.6) is 5.75 Å². The Morgan fingerprint density at radius 3 is 2.74 bits per heavy atom. The van der Waals surface area contributed by atoms with E-state index in [0.717, 1.165) is 54.9 Å². The lowest BCUT2D eigenvalue weighted by Gasteiger charge is -2.38. The van der Waals surface area contributed by atoms with Crippen molar-refractivity contribution in [2.75, 3.05) is 43.9 Å². The molecule has 2 aromatic carbocycles. The Morgan fingerprint density at radius 2 is 1.97 bits per heavy atom. The summed E-state index contributed by atoms with van der Waals surface area (Å²) in [6.07, 6.45) is 1.58. The van der Waals surface area contributed by atoms with Crippen LogP contribution >= 0.6 is 0 Å². The number of anilines is 2. The molecule has 0 radical (unpaired) electrons. The van der Waals surface area contributed by atoms with E-state index in [4.69, 9.17) is 9.15 Å². The molecule has 1 aromatic heterocycles. The van der Waals surface area contributed by atoms with Crippen LogP contribution in [-0.4, -0.2) is 48.7 Å². The summed E-state index contributed by atoms with van der Waals surface area (Å²) in [6, 6.07) is 11.5. The average Bonchev–Trinajstić information content (AvgIpc) is 3.21. The number of hydrogen-bond acceptors (Lipinski definition) is 6. The maximum Gasteiger partial charge on any atom is 0.419 e. The fourth-order valence-electron chi connectivity index (χ4n) is 4.72. The van der Waals surface area contributed by atoms with Crippen molar-refractivity contribution in [2.45, 2.75) is 18.3 Å². The number of hydrogen-bond donors (Lipinski definition) is 2. The lowest BCUT2D eigenvalue weighted by molar-refractivity contribution is -0.122. The number of benzene rings is 2. The van der Waals surface area contributed by atoms with Gasteiger partial charge in [-0.2, -0.15) is 0 Å². The van der Waals surface area contributed by atoms with Crippen LogP contribution in [0, 0.1) is 0 Å². The number of amides is 1. The van der Waals surface area contributed by atoms with E-state index in [0.29, 0.717) is 17.9 Å². The zero-order chi connectivity index (χ0) is 21.6. The largest absolute Gasteiger partial charge is 0.492 e. The van der Waals surface area contributed by atoms with Crippen molar-refractivity contribution >= 4 is 28.4 Å². The van der Waals surface area contributed by atoms with Crippen molar-refractivity contribution in [3.8, 4) is 5.75 Å². The number of piperidine rings is 1. The van der Waals surface area contributed by atoms with E-state index in [1.165, 1.54) is 4.57 Å². The molecule has 0 saturated carbocycles. The van der Waals surface area contributed by atoms with Crippen molar-refractivity contribution in [1.82, 2.24) is 9.47 Å². The summed E-state index contributed by atoms with van der Waals surface area (Å²) in [7, 11) is 3.57. The van der Waals surface area contributed by atoms with Crippen molar-refractivity contribution in [2.24, 2.45) is 7.05 Å². The minimum atomic E-state index is -0.435. The van der Waals surface area contributed by atoms with Gasteiger partial charge in [-0.3, -0.25) is 14.3 Å². The summed E-state index contributed by atoms with van der Waals surface area (Å²) in [5.74, 6) is 0.414. The molecule has 3 aromatic rings. The molecule has 0 aliphatic carbocycles. The molecule has 3 heterocycles. The number of carbonyl (C=O) groups is 1. The van der Waals surface area contributed by atoms with Gasteiger partial charge in [-0.05, 0) is 61.8 Å². The number of rotatable bonds is 5. The second-order valence-corrected chi connectivity index (χ2v) is 8.29. The highest BCUT2D eigenvalue weighted by atomic mass is 16.5. The quantitative estimate of drug-likeness (QED) is 0.657. The monoisotopic (exact) mass is 422 g/mol. The van der Waals surface area contributed by atoms with Gasteiger partial charge in [0.05, 0.1) is 10.9 Å². The molecule has 5 rings (SSSR count). The summed E-state index contributed by atoms with van der Waals surface area (Å²) < 4.78 is 12.6. The second kappa shape index (κ2) is 7.46. The normalized spacial score (nSPS) is 17.7. The maximum atomic E-state index is 12.8. The Labute approximate surface area is 179 Å². The number of fused-ring (bicyclic) bond motifs is 3. The zero-order valence-electron chi connectivity index (χ0n) is 17.7. The summed E-state index contributed by atoms with van der Waals surface area (Å²) in [5.41, 5.74) is 3.90. The highest BCUT2D eigenvalue weighted by Crippen LogP contribution is 2.45. The average molecular weight is 422 g/mol. The van der Waals surface area contributed by atoms with Gasteiger partial charge in [0.1, 0.15) is 12.4 Å². The van der Waals surface area contributed by atoms with E-state index in [-0.39, 0.29) is 11.7 Å². The number of ether oxygens (including phenoxy) is 1. The minimum absolute atomic E-state index is 0.115. The molecular formula is C23H26N4O4. The highest BCUT2D eigenvalue weighted by molar-refractivity contribution is 6.06. The van der Waals surface area contributed by atoms with E-state index < -0.39 is 5.41 Å². The van der Waals surface area contributed by atoms with E-state index in [1.54, 1.807) is 13.1 Å². The Kier molecular flexibility index (Phi) is 4.74. The van der Waals surface area contributed by atoms with Crippen LogP contribution < -0.4 is 21.1 Å². The summed E-state index contributed by atoms with van der Waals surface area (Å²) >= 11 is 0. The summed E-state index contributed by atoms with van der Waals surface area (Å²) in [5, 5.41) is 6.24. The molecule has 8 heteroatoms. The SMILES string of the molecule is CNc1ccc2c(c1)C1(CCN(CCOc3ccc4c(c3)oc(=O)n4C)CC1)C(=O)N2. The van der Waals surface area contributed by atoms with Crippen molar-refractivity contribution in [3.63, 3.8) is 0 Å². The predicted molar refractivity (Wildman–Crippen MR) is 119 cm³/mol. The maximum absolute atomic E-state index is 12.8. The number of oxazole rings is 1. The topological polar surface area (TPSA) is 88.7 Å². The number of likely N-dealkylation sites (tertiary alicyclic amines) is 1. The fourth-order valence-corrected chi connectivity index (χ4v) is 4.72. The molecule has 2 aliphatic rings. The van der Waals surface area contributed by atoms with Crippen LogP contribution in [-0.2, 0) is 17.3 Å². The second-order valence-electron chi connectivity index (χ2n) is 8.29. The van der Waals surface area contributed by atoms with Gasteiger partial charge >= 0.3 is 5.76 Å². The molecule has 162 valence electrons. The third kappa shape index (κ3) is 3.27. The number of aromatic nitrogens is 1. The Morgan fingerprint density at radius 1 is 1.16 bits per heavy atom. The molecule has 1 saturated heterocycles. The van der Waals surface area contributed by atoms with E-state index in [9.17, 15) is 9.59 Å². The Bertz CT molecular complexity index is 1200. The summed E-state index contributed by atoms with van der Waals surface area (Å²) in [6.45, 7) is 2.99. The fraction of sp³-hybridized carbons (Fsp3) is 0.391. The van der Waals surface area contributed by atoms with Crippen LogP contribution in [0.4, 0.5) is 11.4 Å². The number of nitrogens with one attached hydrogen (secondary N) is 2. The molecule has 2 N–H and O–H groups in total. The van der Waals surface area contributed by atoms with Crippen LogP contribution in [0.25, 0.3) is 11.1 Å². The molecule has 0 atom stereocenters. The van der Waals surface area contributed by atoms with Gasteiger partial charge in [0.25, 0.3) is 0 Å². The molecule has 1 fully saturated rings. The molecule has 2 aliphatic heterocycles. The molecule has 1 spiro atoms. The molecule has 1 amide bonds. The number of carbonyl (C=O) groups excluding carboxylic acids is 1. The lowest BCUT2D eigenvalue weighted by atomic mass is 9.73. The van der Waals surface area contributed by atoms with Crippen LogP contribution in [0.3, 0.4) is 0 Å². The molecule has 31 heavy (non-hydrogen) atoms. The Balaban J connectivity index is 1.20. The Hall–Kier alpha value is -3.26. The van der Waals surface area contributed by atoms with Gasteiger partial charge in [0.2, 0.25) is 5.91 Å². The lowest BCUT2D eigenvalue weighted by Crippen LogP contribution is -2.47. The first-order valence-electron chi connectivity index (χ1n) is 10.6. The molecule has 0 bridgehead atoms. The van der Waals surface area contributed by atoms with Crippen LogP contribution in [0.15, 0.2) is 45.6 Å². The standard InChI is InChI=1S/C23H26N4O4/c1-24-15-3-5-18-17(13-15)23(21(28)25-18)7-9-27(10-8-23)11-12-30-16-4-6-19-20(14-16)31-22(29)26(19)2/h3-6,13-14,24H,7-12H2,1-2H3,(H,25,28). The van der Waals surface area contributed by atoms with Crippen LogP contribution in [0.1, 0.15) is 18.4 Å². The van der Waals surface area contributed by atoms with E-state index in [2.05, 4.69) is 21.6 Å². The van der Waals surface area contributed by atoms with Gasteiger partial charge in [0, 0.05) is 38.1 Å². The molecular weight excluding hydrogens is 396 g/mol. The van der Waals surface area contributed by atoms with Crippen molar-refractivity contribution in [1.29, 1.82) is 0 Å². The predicted octanol–water partition coefficient (Wildman–Crippen LogP) is 2.54.